The maximum absolute atomic E-state index is 8.95. The lowest BCUT2D eigenvalue weighted by Gasteiger charge is -1.99. The highest BCUT2D eigenvalue weighted by Gasteiger charge is 2.06. The van der Waals surface area contributed by atoms with E-state index in [-0.39, 0.29) is 0 Å². The Morgan fingerprint density at radius 1 is 1.14 bits per heavy atom. The summed E-state index contributed by atoms with van der Waals surface area (Å²) >= 11 is 7.52. The van der Waals surface area contributed by atoms with Crippen LogP contribution in [0, 0.1) is 11.3 Å². The number of hydrogen-bond donors (Lipinski definition) is 0. The zero-order valence-corrected chi connectivity index (χ0v) is 12.7. The van der Waals surface area contributed by atoms with Crippen LogP contribution in [0.1, 0.15) is 16.1 Å². The topological polar surface area (TPSA) is 36.7 Å². The van der Waals surface area contributed by atoms with Gasteiger partial charge in [0.25, 0.3) is 0 Å². The molecule has 0 bridgehead atoms. The molecule has 0 unspecified atom stereocenters. The van der Waals surface area contributed by atoms with Gasteiger partial charge in [0, 0.05) is 22.4 Å². The smallest absolute Gasteiger partial charge is 0.0991 e. The van der Waals surface area contributed by atoms with E-state index in [1.165, 1.54) is 5.56 Å². The van der Waals surface area contributed by atoms with Gasteiger partial charge in [-0.3, -0.25) is 0 Å². The minimum atomic E-state index is 0.653. The summed E-state index contributed by atoms with van der Waals surface area (Å²) in [5, 5.41) is 12.8. The normalized spacial score (nSPS) is 10.3. The molecule has 0 atom stereocenters. The SMILES string of the molecule is N#Cc1cccc(-c2csc(Cc3ccc(Cl)cc3)n2)c1. The second-order valence-corrected chi connectivity index (χ2v) is 6.00. The first-order chi connectivity index (χ1) is 10.2. The molecule has 0 radical (unpaired) electrons. The predicted octanol–water partition coefficient (Wildman–Crippen LogP) is 4.93. The van der Waals surface area contributed by atoms with Gasteiger partial charge in [0.1, 0.15) is 0 Å². The van der Waals surface area contributed by atoms with Crippen molar-refractivity contribution in [1.29, 1.82) is 5.26 Å². The Bertz CT molecular complexity index is 800. The van der Waals surface area contributed by atoms with Gasteiger partial charge in [-0.1, -0.05) is 35.9 Å². The van der Waals surface area contributed by atoms with Gasteiger partial charge in [0.15, 0.2) is 0 Å². The van der Waals surface area contributed by atoms with Gasteiger partial charge in [-0.2, -0.15) is 5.26 Å². The molecular formula is C17H11ClN2S. The van der Waals surface area contributed by atoms with E-state index < -0.39 is 0 Å². The molecule has 3 aromatic rings. The molecular weight excluding hydrogens is 300 g/mol. The lowest BCUT2D eigenvalue weighted by atomic mass is 10.1. The Balaban J connectivity index is 1.83. The van der Waals surface area contributed by atoms with Crippen molar-refractivity contribution in [3.8, 4) is 17.3 Å². The maximum atomic E-state index is 8.95. The third-order valence-electron chi connectivity index (χ3n) is 3.11. The summed E-state index contributed by atoms with van der Waals surface area (Å²) in [5.41, 5.74) is 3.74. The highest BCUT2D eigenvalue weighted by molar-refractivity contribution is 7.10. The van der Waals surface area contributed by atoms with Gasteiger partial charge in [-0.15, -0.1) is 11.3 Å². The third-order valence-corrected chi connectivity index (χ3v) is 4.21. The lowest BCUT2D eigenvalue weighted by molar-refractivity contribution is 1.14. The molecule has 2 aromatic carbocycles. The third kappa shape index (κ3) is 3.30. The highest BCUT2D eigenvalue weighted by Crippen LogP contribution is 2.24. The van der Waals surface area contributed by atoms with Gasteiger partial charge in [0.05, 0.1) is 22.3 Å². The largest absolute Gasteiger partial charge is 0.241 e. The average molecular weight is 311 g/mol. The number of benzene rings is 2. The molecule has 4 heteroatoms. The van der Waals surface area contributed by atoms with Crippen LogP contribution in [0.4, 0.5) is 0 Å². The fraction of sp³-hybridized carbons (Fsp3) is 0.0588. The van der Waals surface area contributed by atoms with Crippen molar-refractivity contribution in [2.24, 2.45) is 0 Å². The van der Waals surface area contributed by atoms with Crippen LogP contribution in [0.2, 0.25) is 5.02 Å². The molecule has 0 saturated carbocycles. The Morgan fingerprint density at radius 3 is 2.71 bits per heavy atom. The summed E-state index contributed by atoms with van der Waals surface area (Å²) in [6, 6.07) is 17.5. The van der Waals surface area contributed by atoms with E-state index in [1.807, 2.05) is 47.8 Å². The molecule has 0 aliphatic rings. The van der Waals surface area contributed by atoms with Gasteiger partial charge < -0.3 is 0 Å². The van der Waals surface area contributed by atoms with E-state index >= 15 is 0 Å². The number of nitrogens with zero attached hydrogens (tertiary/aromatic N) is 2. The van der Waals surface area contributed by atoms with Gasteiger partial charge in [-0.05, 0) is 29.8 Å². The van der Waals surface area contributed by atoms with Crippen molar-refractivity contribution in [1.82, 2.24) is 4.98 Å². The summed E-state index contributed by atoms with van der Waals surface area (Å²) < 4.78 is 0. The van der Waals surface area contributed by atoms with Gasteiger partial charge in [-0.25, -0.2) is 4.98 Å². The Kier molecular flexibility index (Phi) is 4.01. The molecule has 21 heavy (non-hydrogen) atoms. The summed E-state index contributed by atoms with van der Waals surface area (Å²) in [6.45, 7) is 0. The molecule has 0 aliphatic heterocycles. The van der Waals surface area contributed by atoms with Crippen molar-refractivity contribution < 1.29 is 0 Å². The molecule has 1 aromatic heterocycles. The minimum absolute atomic E-state index is 0.653. The van der Waals surface area contributed by atoms with Crippen molar-refractivity contribution in [2.75, 3.05) is 0 Å². The number of halogens is 1. The van der Waals surface area contributed by atoms with Crippen LogP contribution >= 0.6 is 22.9 Å². The van der Waals surface area contributed by atoms with Gasteiger partial charge in [0.2, 0.25) is 0 Å². The summed E-state index contributed by atoms with van der Waals surface area (Å²) in [4.78, 5) is 4.65. The zero-order chi connectivity index (χ0) is 14.7. The highest BCUT2D eigenvalue weighted by atomic mass is 35.5. The quantitative estimate of drug-likeness (QED) is 0.688. The monoisotopic (exact) mass is 310 g/mol. The van der Waals surface area contributed by atoms with Gasteiger partial charge >= 0.3 is 0 Å². The first kappa shape index (κ1) is 13.8. The number of rotatable bonds is 3. The first-order valence-electron chi connectivity index (χ1n) is 6.44. The molecule has 1 heterocycles. The van der Waals surface area contributed by atoms with Crippen LogP contribution in [0.5, 0.6) is 0 Å². The van der Waals surface area contributed by atoms with Crippen molar-refractivity contribution >= 4 is 22.9 Å². The zero-order valence-electron chi connectivity index (χ0n) is 11.1. The van der Waals surface area contributed by atoms with Crippen LogP contribution in [-0.4, -0.2) is 4.98 Å². The number of hydrogen-bond acceptors (Lipinski definition) is 3. The predicted molar refractivity (Wildman–Crippen MR) is 86.5 cm³/mol. The molecule has 0 saturated heterocycles. The van der Waals surface area contributed by atoms with Crippen molar-refractivity contribution in [3.63, 3.8) is 0 Å². The van der Waals surface area contributed by atoms with Crippen LogP contribution < -0.4 is 0 Å². The maximum Gasteiger partial charge on any atom is 0.0991 e. The lowest BCUT2D eigenvalue weighted by Crippen LogP contribution is -1.87. The van der Waals surface area contributed by atoms with Crippen molar-refractivity contribution in [3.05, 3.63) is 75.1 Å². The summed E-state index contributed by atoms with van der Waals surface area (Å²) in [6.07, 6.45) is 0.791. The van der Waals surface area contributed by atoms with Crippen LogP contribution in [0.15, 0.2) is 53.9 Å². The standard InChI is InChI=1S/C17H11ClN2S/c18-15-6-4-12(5-7-15)9-17-20-16(11-21-17)14-3-1-2-13(8-14)10-19/h1-8,11H,9H2. The second kappa shape index (κ2) is 6.09. The van der Waals surface area contributed by atoms with E-state index in [2.05, 4.69) is 11.1 Å². The number of nitriles is 1. The Hall–Kier alpha value is -2.15. The molecule has 102 valence electrons. The van der Waals surface area contributed by atoms with Crippen molar-refractivity contribution in [2.45, 2.75) is 6.42 Å². The molecule has 0 amide bonds. The molecule has 0 N–H and O–H groups in total. The van der Waals surface area contributed by atoms with E-state index in [1.54, 1.807) is 17.4 Å². The summed E-state index contributed by atoms with van der Waals surface area (Å²) in [5.74, 6) is 0. The van der Waals surface area contributed by atoms with E-state index in [4.69, 9.17) is 16.9 Å². The van der Waals surface area contributed by atoms with Crippen LogP contribution in [0.3, 0.4) is 0 Å². The number of thiazole rings is 1. The van der Waals surface area contributed by atoms with E-state index in [0.717, 1.165) is 27.7 Å². The second-order valence-electron chi connectivity index (χ2n) is 4.62. The van der Waals surface area contributed by atoms with Crippen LogP contribution in [0.25, 0.3) is 11.3 Å². The average Bonchev–Trinajstić information content (AvgIpc) is 2.98. The molecule has 0 fully saturated rings. The molecule has 3 rings (SSSR count). The van der Waals surface area contributed by atoms with Crippen LogP contribution in [-0.2, 0) is 6.42 Å². The fourth-order valence-electron chi connectivity index (χ4n) is 2.05. The fourth-order valence-corrected chi connectivity index (χ4v) is 3.01. The molecule has 0 spiro atoms. The molecule has 2 nitrogen and oxygen atoms in total. The molecule has 0 aliphatic carbocycles. The Morgan fingerprint density at radius 2 is 1.95 bits per heavy atom. The van der Waals surface area contributed by atoms with E-state index in [0.29, 0.717) is 5.56 Å². The summed E-state index contributed by atoms with van der Waals surface area (Å²) in [7, 11) is 0. The Labute approximate surface area is 132 Å². The number of aromatic nitrogens is 1. The first-order valence-corrected chi connectivity index (χ1v) is 7.70. The van der Waals surface area contributed by atoms with E-state index in [9.17, 15) is 0 Å². The minimum Gasteiger partial charge on any atom is -0.241 e.